The zero-order chi connectivity index (χ0) is 15.6. The molecule has 0 aliphatic rings. The first-order valence-corrected chi connectivity index (χ1v) is 7.44. The van der Waals surface area contributed by atoms with Crippen molar-refractivity contribution >= 4 is 0 Å². The molecule has 0 radical (unpaired) electrons. The van der Waals surface area contributed by atoms with Crippen LogP contribution < -0.4 is 5.32 Å². The van der Waals surface area contributed by atoms with Crippen LogP contribution in [-0.4, -0.2) is 16.3 Å². The summed E-state index contributed by atoms with van der Waals surface area (Å²) in [5.41, 5.74) is 4.63. The number of nitrogens with zero attached hydrogens (tertiary/aromatic N) is 2. The van der Waals surface area contributed by atoms with Crippen LogP contribution in [-0.2, 0) is 7.05 Å². The fourth-order valence-corrected chi connectivity index (χ4v) is 2.85. The van der Waals surface area contributed by atoms with E-state index in [4.69, 9.17) is 0 Å². The lowest BCUT2D eigenvalue weighted by Gasteiger charge is -2.22. The average molecular weight is 289 g/mol. The Hall–Kier alpha value is -1.68. The summed E-state index contributed by atoms with van der Waals surface area (Å²) in [4.78, 5) is 0. The Bertz CT molecular complexity index is 608. The second kappa shape index (κ2) is 6.39. The zero-order valence-corrected chi connectivity index (χ0v) is 13.5. The number of hydrogen-bond acceptors (Lipinski definition) is 2. The fraction of sp³-hybridized carbons (Fsp3) is 0.471. The number of hydrogen-bond donors (Lipinski definition) is 1. The van der Waals surface area contributed by atoms with Crippen molar-refractivity contribution in [3.05, 3.63) is 52.1 Å². The van der Waals surface area contributed by atoms with Gasteiger partial charge < -0.3 is 5.32 Å². The molecule has 0 fully saturated rings. The van der Waals surface area contributed by atoms with E-state index in [0.29, 0.717) is 0 Å². The van der Waals surface area contributed by atoms with Crippen molar-refractivity contribution in [1.29, 1.82) is 0 Å². The van der Waals surface area contributed by atoms with Crippen LogP contribution in [0.1, 0.15) is 47.3 Å². The normalized spacial score (nSPS) is 12.7. The molecule has 1 heterocycles. The SMILES string of the molecule is CCCNC(c1cn(C)nc1C)c1c(C)cc(C)cc1F. The van der Waals surface area contributed by atoms with E-state index >= 15 is 0 Å². The summed E-state index contributed by atoms with van der Waals surface area (Å²) >= 11 is 0. The van der Waals surface area contributed by atoms with Gasteiger partial charge in [-0.15, -0.1) is 0 Å². The van der Waals surface area contributed by atoms with Crippen LogP contribution in [0.5, 0.6) is 0 Å². The first-order chi connectivity index (χ1) is 9.93. The van der Waals surface area contributed by atoms with Crippen molar-refractivity contribution in [2.75, 3.05) is 6.54 Å². The van der Waals surface area contributed by atoms with Gasteiger partial charge in [0.05, 0.1) is 11.7 Å². The highest BCUT2D eigenvalue weighted by Gasteiger charge is 2.23. The molecule has 3 nitrogen and oxygen atoms in total. The van der Waals surface area contributed by atoms with Gasteiger partial charge in [-0.2, -0.15) is 5.10 Å². The lowest BCUT2D eigenvalue weighted by Crippen LogP contribution is -2.25. The molecule has 2 rings (SSSR count). The first-order valence-electron chi connectivity index (χ1n) is 7.44. The first kappa shape index (κ1) is 15.7. The molecule has 1 N–H and O–H groups in total. The molecule has 0 aliphatic carbocycles. The Morgan fingerprint density at radius 3 is 2.52 bits per heavy atom. The highest BCUT2D eigenvalue weighted by molar-refractivity contribution is 5.40. The van der Waals surface area contributed by atoms with Crippen molar-refractivity contribution in [3.8, 4) is 0 Å². The lowest BCUT2D eigenvalue weighted by molar-refractivity contribution is 0.542. The van der Waals surface area contributed by atoms with E-state index in [-0.39, 0.29) is 11.9 Å². The summed E-state index contributed by atoms with van der Waals surface area (Å²) in [6.45, 7) is 8.81. The third-order valence-electron chi connectivity index (χ3n) is 3.73. The molecule has 114 valence electrons. The number of halogens is 1. The molecule has 0 bridgehead atoms. The molecule has 4 heteroatoms. The molecule has 0 amide bonds. The van der Waals surface area contributed by atoms with E-state index in [1.54, 1.807) is 10.7 Å². The molecule has 0 aliphatic heterocycles. The quantitative estimate of drug-likeness (QED) is 0.912. The van der Waals surface area contributed by atoms with Crippen molar-refractivity contribution in [2.24, 2.45) is 7.05 Å². The van der Waals surface area contributed by atoms with E-state index in [2.05, 4.69) is 17.3 Å². The predicted octanol–water partition coefficient (Wildman–Crippen LogP) is 3.57. The molecule has 0 saturated heterocycles. The van der Waals surface area contributed by atoms with Crippen LogP contribution in [0, 0.1) is 26.6 Å². The molecule has 1 aromatic heterocycles. The number of aromatic nitrogens is 2. The average Bonchev–Trinajstić information content (AvgIpc) is 2.71. The van der Waals surface area contributed by atoms with Crippen molar-refractivity contribution in [2.45, 2.75) is 40.2 Å². The van der Waals surface area contributed by atoms with Gasteiger partial charge in [0.2, 0.25) is 0 Å². The van der Waals surface area contributed by atoms with Gasteiger partial charge in [-0.05, 0) is 50.9 Å². The fourth-order valence-electron chi connectivity index (χ4n) is 2.85. The summed E-state index contributed by atoms with van der Waals surface area (Å²) in [6.07, 6.45) is 2.98. The maximum absolute atomic E-state index is 14.5. The van der Waals surface area contributed by atoms with Gasteiger partial charge in [-0.3, -0.25) is 4.68 Å². The van der Waals surface area contributed by atoms with E-state index in [1.807, 2.05) is 40.1 Å². The van der Waals surface area contributed by atoms with Crippen molar-refractivity contribution in [3.63, 3.8) is 0 Å². The second-order valence-corrected chi connectivity index (χ2v) is 5.71. The van der Waals surface area contributed by atoms with Crippen LogP contribution in [0.4, 0.5) is 4.39 Å². The Kier molecular flexibility index (Phi) is 4.78. The summed E-state index contributed by atoms with van der Waals surface area (Å²) < 4.78 is 16.3. The van der Waals surface area contributed by atoms with Gasteiger partial charge in [0, 0.05) is 24.4 Å². The Balaban J connectivity index is 2.53. The summed E-state index contributed by atoms with van der Waals surface area (Å²) in [7, 11) is 1.89. The highest BCUT2D eigenvalue weighted by Crippen LogP contribution is 2.29. The van der Waals surface area contributed by atoms with Crippen LogP contribution in [0.3, 0.4) is 0 Å². The van der Waals surface area contributed by atoms with Gasteiger partial charge in [0.15, 0.2) is 0 Å². The largest absolute Gasteiger partial charge is 0.306 e. The molecule has 1 aromatic carbocycles. The van der Waals surface area contributed by atoms with Crippen LogP contribution in [0.15, 0.2) is 18.3 Å². The van der Waals surface area contributed by atoms with Crippen LogP contribution in [0.2, 0.25) is 0 Å². The zero-order valence-electron chi connectivity index (χ0n) is 13.5. The minimum atomic E-state index is -0.153. The number of nitrogens with one attached hydrogen (secondary N) is 1. The van der Waals surface area contributed by atoms with E-state index in [0.717, 1.165) is 40.9 Å². The Morgan fingerprint density at radius 2 is 2.00 bits per heavy atom. The Labute approximate surface area is 126 Å². The minimum absolute atomic E-state index is 0.149. The van der Waals surface area contributed by atoms with Gasteiger partial charge in [-0.1, -0.05) is 13.0 Å². The molecule has 21 heavy (non-hydrogen) atoms. The van der Waals surface area contributed by atoms with Gasteiger partial charge in [-0.25, -0.2) is 4.39 Å². The number of benzene rings is 1. The van der Waals surface area contributed by atoms with Gasteiger partial charge >= 0.3 is 0 Å². The summed E-state index contributed by atoms with van der Waals surface area (Å²) in [6, 6.07) is 3.48. The third kappa shape index (κ3) is 3.32. The lowest BCUT2D eigenvalue weighted by atomic mass is 9.93. The Morgan fingerprint density at radius 1 is 1.29 bits per heavy atom. The molecule has 1 atom stereocenters. The van der Waals surface area contributed by atoms with Crippen LogP contribution >= 0.6 is 0 Å². The summed E-state index contributed by atoms with van der Waals surface area (Å²) in [5, 5.41) is 7.86. The van der Waals surface area contributed by atoms with E-state index < -0.39 is 0 Å². The second-order valence-electron chi connectivity index (χ2n) is 5.71. The smallest absolute Gasteiger partial charge is 0.128 e. The van der Waals surface area contributed by atoms with Crippen molar-refractivity contribution < 1.29 is 4.39 Å². The predicted molar refractivity (Wildman–Crippen MR) is 84.0 cm³/mol. The molecule has 0 spiro atoms. The minimum Gasteiger partial charge on any atom is -0.306 e. The maximum atomic E-state index is 14.5. The monoisotopic (exact) mass is 289 g/mol. The van der Waals surface area contributed by atoms with E-state index in [9.17, 15) is 4.39 Å². The molecular formula is C17H24FN3. The van der Waals surface area contributed by atoms with Gasteiger partial charge in [0.1, 0.15) is 5.82 Å². The number of aryl methyl sites for hydroxylation is 4. The summed E-state index contributed by atoms with van der Waals surface area (Å²) in [5.74, 6) is -0.149. The molecule has 2 aromatic rings. The highest BCUT2D eigenvalue weighted by atomic mass is 19.1. The molecular weight excluding hydrogens is 265 g/mol. The molecule has 0 saturated carbocycles. The third-order valence-corrected chi connectivity index (χ3v) is 3.73. The molecule has 1 unspecified atom stereocenters. The van der Waals surface area contributed by atoms with Crippen LogP contribution in [0.25, 0.3) is 0 Å². The topological polar surface area (TPSA) is 29.9 Å². The van der Waals surface area contributed by atoms with Gasteiger partial charge in [0.25, 0.3) is 0 Å². The standard InChI is InChI=1S/C17H24FN3/c1-6-7-19-17(14-10-21(5)20-13(14)4)16-12(3)8-11(2)9-15(16)18/h8-10,17,19H,6-7H2,1-5H3. The van der Waals surface area contributed by atoms with Crippen molar-refractivity contribution in [1.82, 2.24) is 15.1 Å². The number of rotatable bonds is 5. The maximum Gasteiger partial charge on any atom is 0.128 e. The van der Waals surface area contributed by atoms with E-state index in [1.165, 1.54) is 0 Å².